The van der Waals surface area contributed by atoms with Crippen LogP contribution in [0.1, 0.15) is 19.3 Å². The van der Waals surface area contributed by atoms with Crippen molar-refractivity contribution in [1.29, 1.82) is 0 Å². The molecule has 0 atom stereocenters. The SMILES string of the molecule is CSc1ncc(OC(=S)N2CCCCC2)cn1. The van der Waals surface area contributed by atoms with E-state index in [2.05, 4.69) is 14.9 Å². The average Bonchev–Trinajstić information content (AvgIpc) is 2.40. The van der Waals surface area contributed by atoms with Gasteiger partial charge in [0.15, 0.2) is 10.9 Å². The maximum atomic E-state index is 5.58. The fourth-order valence-corrected chi connectivity index (χ4v) is 2.30. The van der Waals surface area contributed by atoms with Gasteiger partial charge in [-0.25, -0.2) is 9.97 Å². The van der Waals surface area contributed by atoms with Crippen LogP contribution in [-0.4, -0.2) is 39.4 Å². The van der Waals surface area contributed by atoms with Crippen molar-refractivity contribution in [2.24, 2.45) is 0 Å². The highest BCUT2D eigenvalue weighted by Crippen LogP contribution is 2.15. The van der Waals surface area contributed by atoms with Gasteiger partial charge >= 0.3 is 0 Å². The van der Waals surface area contributed by atoms with E-state index in [-0.39, 0.29) is 0 Å². The van der Waals surface area contributed by atoms with Gasteiger partial charge in [0.05, 0.1) is 12.4 Å². The van der Waals surface area contributed by atoms with Crippen LogP contribution in [0, 0.1) is 0 Å². The maximum absolute atomic E-state index is 5.58. The van der Waals surface area contributed by atoms with Gasteiger partial charge in [0, 0.05) is 13.1 Å². The van der Waals surface area contributed by atoms with Gasteiger partial charge in [-0.3, -0.25) is 0 Å². The van der Waals surface area contributed by atoms with Crippen LogP contribution in [0.5, 0.6) is 5.75 Å². The molecule has 1 aliphatic rings. The zero-order valence-electron chi connectivity index (χ0n) is 9.76. The Labute approximate surface area is 111 Å². The van der Waals surface area contributed by atoms with E-state index in [0.29, 0.717) is 10.9 Å². The molecule has 0 N–H and O–H groups in total. The van der Waals surface area contributed by atoms with Gasteiger partial charge in [0.25, 0.3) is 5.17 Å². The second kappa shape index (κ2) is 6.16. The number of hydrogen-bond donors (Lipinski definition) is 0. The summed E-state index contributed by atoms with van der Waals surface area (Å²) in [5, 5.41) is 1.27. The van der Waals surface area contributed by atoms with Gasteiger partial charge in [0.2, 0.25) is 0 Å². The fraction of sp³-hybridized carbons (Fsp3) is 0.545. The molecule has 1 aliphatic heterocycles. The quantitative estimate of drug-likeness (QED) is 0.466. The molecule has 1 saturated heterocycles. The van der Waals surface area contributed by atoms with E-state index < -0.39 is 0 Å². The monoisotopic (exact) mass is 269 g/mol. The van der Waals surface area contributed by atoms with E-state index in [1.54, 1.807) is 12.4 Å². The molecule has 4 nitrogen and oxygen atoms in total. The van der Waals surface area contributed by atoms with Crippen molar-refractivity contribution in [3.63, 3.8) is 0 Å². The smallest absolute Gasteiger partial charge is 0.264 e. The van der Waals surface area contributed by atoms with Crippen LogP contribution in [0.2, 0.25) is 0 Å². The van der Waals surface area contributed by atoms with Gasteiger partial charge in [-0.1, -0.05) is 11.8 Å². The number of ether oxygens (including phenoxy) is 1. The molecular weight excluding hydrogens is 254 g/mol. The number of thiocarbonyl (C=S) groups is 1. The van der Waals surface area contributed by atoms with Crippen LogP contribution in [0.4, 0.5) is 0 Å². The molecule has 0 amide bonds. The normalized spacial score (nSPS) is 15.7. The molecule has 0 bridgehead atoms. The Balaban J connectivity index is 1.92. The molecule has 1 aromatic rings. The molecule has 0 saturated carbocycles. The Hall–Kier alpha value is -0.880. The molecule has 2 rings (SSSR count). The summed E-state index contributed by atoms with van der Waals surface area (Å²) >= 11 is 6.76. The van der Waals surface area contributed by atoms with E-state index in [9.17, 15) is 0 Å². The Morgan fingerprint density at radius 3 is 2.53 bits per heavy atom. The van der Waals surface area contributed by atoms with Crippen LogP contribution < -0.4 is 4.74 Å². The third-order valence-electron chi connectivity index (χ3n) is 2.61. The lowest BCUT2D eigenvalue weighted by Gasteiger charge is -2.27. The van der Waals surface area contributed by atoms with E-state index in [1.807, 2.05) is 6.26 Å². The zero-order chi connectivity index (χ0) is 12.1. The van der Waals surface area contributed by atoms with E-state index in [0.717, 1.165) is 18.2 Å². The molecule has 17 heavy (non-hydrogen) atoms. The second-order valence-corrected chi connectivity index (χ2v) is 4.94. The average molecular weight is 269 g/mol. The zero-order valence-corrected chi connectivity index (χ0v) is 11.4. The minimum atomic E-state index is 0.533. The van der Waals surface area contributed by atoms with Gasteiger partial charge in [0.1, 0.15) is 0 Å². The number of hydrogen-bond acceptors (Lipinski definition) is 5. The van der Waals surface area contributed by atoms with Crippen molar-refractivity contribution in [2.75, 3.05) is 19.3 Å². The number of likely N-dealkylation sites (tertiary alicyclic amines) is 1. The Morgan fingerprint density at radius 2 is 1.94 bits per heavy atom. The summed E-state index contributed by atoms with van der Waals surface area (Å²) in [4.78, 5) is 10.4. The lowest BCUT2D eigenvalue weighted by molar-refractivity contribution is 0.299. The number of piperidine rings is 1. The minimum absolute atomic E-state index is 0.533. The van der Waals surface area contributed by atoms with Crippen LogP contribution in [0.25, 0.3) is 0 Å². The first-order chi connectivity index (χ1) is 8.29. The van der Waals surface area contributed by atoms with Crippen LogP contribution in [0.15, 0.2) is 17.6 Å². The molecular formula is C11H15N3OS2. The van der Waals surface area contributed by atoms with Gasteiger partial charge in [-0.2, -0.15) is 0 Å². The van der Waals surface area contributed by atoms with Crippen LogP contribution in [-0.2, 0) is 0 Å². The lowest BCUT2D eigenvalue weighted by Crippen LogP contribution is -2.37. The second-order valence-electron chi connectivity index (χ2n) is 3.82. The molecule has 0 radical (unpaired) electrons. The molecule has 1 aromatic heterocycles. The van der Waals surface area contributed by atoms with Crippen molar-refractivity contribution in [2.45, 2.75) is 24.4 Å². The molecule has 0 unspecified atom stereocenters. The number of thioether (sulfide) groups is 1. The minimum Gasteiger partial charge on any atom is -0.428 e. The fourth-order valence-electron chi connectivity index (χ4n) is 1.70. The van der Waals surface area contributed by atoms with Crippen LogP contribution in [0.3, 0.4) is 0 Å². The molecule has 6 heteroatoms. The van der Waals surface area contributed by atoms with Crippen molar-refractivity contribution in [3.8, 4) is 5.75 Å². The molecule has 0 spiro atoms. The van der Waals surface area contributed by atoms with Gasteiger partial charge in [-0.05, 0) is 37.7 Å². The van der Waals surface area contributed by atoms with E-state index in [1.165, 1.54) is 31.0 Å². The van der Waals surface area contributed by atoms with Crippen molar-refractivity contribution >= 4 is 29.2 Å². The van der Waals surface area contributed by atoms with Crippen molar-refractivity contribution in [3.05, 3.63) is 12.4 Å². The molecule has 0 aromatic carbocycles. The van der Waals surface area contributed by atoms with Crippen molar-refractivity contribution in [1.82, 2.24) is 14.9 Å². The van der Waals surface area contributed by atoms with Crippen LogP contribution >= 0.6 is 24.0 Å². The molecule has 0 aliphatic carbocycles. The topological polar surface area (TPSA) is 38.2 Å². The third kappa shape index (κ3) is 3.54. The maximum Gasteiger partial charge on any atom is 0.264 e. The summed E-state index contributed by atoms with van der Waals surface area (Å²) in [6.45, 7) is 1.98. The summed E-state index contributed by atoms with van der Waals surface area (Å²) < 4.78 is 5.58. The number of nitrogens with zero attached hydrogens (tertiary/aromatic N) is 3. The number of rotatable bonds is 2. The van der Waals surface area contributed by atoms with Gasteiger partial charge < -0.3 is 9.64 Å². The predicted octanol–water partition coefficient (Wildman–Crippen LogP) is 2.35. The van der Waals surface area contributed by atoms with E-state index >= 15 is 0 Å². The number of aromatic nitrogens is 2. The van der Waals surface area contributed by atoms with E-state index in [4.69, 9.17) is 17.0 Å². The highest BCUT2D eigenvalue weighted by atomic mass is 32.2. The summed E-state index contributed by atoms with van der Waals surface area (Å²) in [7, 11) is 0. The highest BCUT2D eigenvalue weighted by Gasteiger charge is 2.15. The molecule has 1 fully saturated rings. The van der Waals surface area contributed by atoms with Gasteiger partial charge in [-0.15, -0.1) is 0 Å². The largest absolute Gasteiger partial charge is 0.428 e. The summed E-state index contributed by atoms with van der Waals surface area (Å²) in [6, 6.07) is 0. The summed E-state index contributed by atoms with van der Waals surface area (Å²) in [6.07, 6.45) is 8.92. The Bertz CT molecular complexity index is 377. The third-order valence-corrected chi connectivity index (χ3v) is 3.52. The molecule has 92 valence electrons. The van der Waals surface area contributed by atoms with Crippen molar-refractivity contribution < 1.29 is 4.74 Å². The first-order valence-electron chi connectivity index (χ1n) is 5.62. The predicted molar refractivity (Wildman–Crippen MR) is 72.5 cm³/mol. The molecule has 2 heterocycles. The standard InChI is InChI=1S/C11H15N3OS2/c1-17-10-12-7-9(8-13-10)15-11(16)14-5-3-2-4-6-14/h7-8H,2-6H2,1H3. The Morgan fingerprint density at radius 1 is 1.29 bits per heavy atom. The summed E-state index contributed by atoms with van der Waals surface area (Å²) in [5.74, 6) is 0.610. The first-order valence-corrected chi connectivity index (χ1v) is 7.25. The summed E-state index contributed by atoms with van der Waals surface area (Å²) in [5.41, 5.74) is 0. The Kier molecular flexibility index (Phi) is 4.56. The first kappa shape index (κ1) is 12.6. The lowest BCUT2D eigenvalue weighted by atomic mass is 10.1. The highest BCUT2D eigenvalue weighted by molar-refractivity contribution is 7.98.